The van der Waals surface area contributed by atoms with Gasteiger partial charge in [-0.25, -0.2) is 8.42 Å². The summed E-state index contributed by atoms with van der Waals surface area (Å²) in [5, 5.41) is 3.09. The molecule has 2 unspecified atom stereocenters. The molecule has 3 rings (SSSR count). The molecule has 0 aromatic heterocycles. The molecule has 2 aliphatic heterocycles. The summed E-state index contributed by atoms with van der Waals surface area (Å²) in [5.41, 5.74) is 0.388. The summed E-state index contributed by atoms with van der Waals surface area (Å²) in [6.45, 7) is 9.68. The molecule has 0 bridgehead atoms. The van der Waals surface area contributed by atoms with Crippen molar-refractivity contribution in [2.75, 3.05) is 32.7 Å². The average molecular weight is 438 g/mol. The third-order valence-corrected chi connectivity index (χ3v) is 7.70. The third kappa shape index (κ3) is 5.81. The molecule has 0 spiro atoms. The van der Waals surface area contributed by atoms with E-state index in [4.69, 9.17) is 4.74 Å². The maximum absolute atomic E-state index is 13.1. The van der Waals surface area contributed by atoms with Crippen LogP contribution in [0, 0.1) is 0 Å². The standard InChI is InChI=1S/C22H35N3O4S/c1-4-5-11-24-12-9-20(10-13-24)23-22(26)19-7-6-8-21(14-19)30(27,28)25-15-17(2)29-18(3)16-25/h6-8,14,17-18,20H,4-5,9-13,15-16H2,1-3H3,(H,23,26). The van der Waals surface area contributed by atoms with E-state index in [1.165, 1.54) is 23.2 Å². The Labute approximate surface area is 180 Å². The van der Waals surface area contributed by atoms with E-state index in [-0.39, 0.29) is 29.1 Å². The minimum atomic E-state index is -3.67. The fourth-order valence-electron chi connectivity index (χ4n) is 4.23. The number of carbonyl (C=O) groups excluding carboxylic acids is 1. The molecule has 0 radical (unpaired) electrons. The molecule has 1 aromatic carbocycles. The monoisotopic (exact) mass is 437 g/mol. The second kappa shape index (κ2) is 10.2. The predicted octanol–water partition coefficient (Wildman–Crippen LogP) is 2.48. The van der Waals surface area contributed by atoms with Crippen LogP contribution in [0.4, 0.5) is 0 Å². The quantitative estimate of drug-likeness (QED) is 0.709. The SMILES string of the molecule is CCCCN1CCC(NC(=O)c2cccc(S(=O)(=O)N3CC(C)OC(C)C3)c2)CC1. The van der Waals surface area contributed by atoms with Crippen LogP contribution in [0.2, 0.25) is 0 Å². The fourth-order valence-corrected chi connectivity index (χ4v) is 5.86. The van der Waals surface area contributed by atoms with E-state index in [2.05, 4.69) is 17.1 Å². The fraction of sp³-hybridized carbons (Fsp3) is 0.682. The summed E-state index contributed by atoms with van der Waals surface area (Å²) in [6.07, 6.45) is 3.95. The molecule has 2 aliphatic rings. The number of piperidine rings is 1. The van der Waals surface area contributed by atoms with E-state index in [1.54, 1.807) is 18.2 Å². The van der Waals surface area contributed by atoms with Crippen molar-refractivity contribution in [2.45, 2.75) is 69.6 Å². The van der Waals surface area contributed by atoms with Gasteiger partial charge in [-0.3, -0.25) is 4.79 Å². The normalized spacial score (nSPS) is 24.6. The molecule has 168 valence electrons. The highest BCUT2D eigenvalue weighted by atomic mass is 32.2. The molecule has 2 fully saturated rings. The third-order valence-electron chi connectivity index (χ3n) is 5.87. The van der Waals surface area contributed by atoms with Gasteiger partial charge in [-0.2, -0.15) is 4.31 Å². The van der Waals surface area contributed by atoms with Gasteiger partial charge in [-0.15, -0.1) is 0 Å². The Kier molecular flexibility index (Phi) is 7.90. The minimum absolute atomic E-state index is 0.136. The van der Waals surface area contributed by atoms with Crippen molar-refractivity contribution in [2.24, 2.45) is 0 Å². The number of morpholine rings is 1. The van der Waals surface area contributed by atoms with Crippen LogP contribution >= 0.6 is 0 Å². The Bertz CT molecular complexity index is 811. The van der Waals surface area contributed by atoms with Crippen LogP contribution in [0.15, 0.2) is 29.2 Å². The zero-order chi connectivity index (χ0) is 21.7. The zero-order valence-corrected chi connectivity index (χ0v) is 19.2. The van der Waals surface area contributed by atoms with Gasteiger partial charge in [-0.1, -0.05) is 19.4 Å². The van der Waals surface area contributed by atoms with Crippen molar-refractivity contribution in [3.63, 3.8) is 0 Å². The van der Waals surface area contributed by atoms with Crippen LogP contribution in [0.1, 0.15) is 56.8 Å². The second-order valence-electron chi connectivity index (χ2n) is 8.55. The first-order valence-electron chi connectivity index (χ1n) is 11.1. The van der Waals surface area contributed by atoms with Crippen LogP contribution in [0.3, 0.4) is 0 Å². The van der Waals surface area contributed by atoms with Gasteiger partial charge in [0.15, 0.2) is 0 Å². The molecular weight excluding hydrogens is 402 g/mol. The largest absolute Gasteiger partial charge is 0.373 e. The predicted molar refractivity (Wildman–Crippen MR) is 117 cm³/mol. The van der Waals surface area contributed by atoms with Gasteiger partial charge < -0.3 is 15.0 Å². The van der Waals surface area contributed by atoms with Gasteiger partial charge >= 0.3 is 0 Å². The van der Waals surface area contributed by atoms with E-state index in [9.17, 15) is 13.2 Å². The second-order valence-corrected chi connectivity index (χ2v) is 10.5. The summed E-state index contributed by atoms with van der Waals surface area (Å²) in [6, 6.07) is 6.50. The Balaban J connectivity index is 1.63. The van der Waals surface area contributed by atoms with Gasteiger partial charge in [0, 0.05) is 37.8 Å². The number of nitrogens with zero attached hydrogens (tertiary/aromatic N) is 2. The smallest absolute Gasteiger partial charge is 0.251 e. The molecule has 2 heterocycles. The number of ether oxygens (including phenoxy) is 1. The first kappa shape index (κ1) is 23.2. The summed E-state index contributed by atoms with van der Waals surface area (Å²) >= 11 is 0. The van der Waals surface area contributed by atoms with Crippen molar-refractivity contribution < 1.29 is 17.9 Å². The molecule has 2 atom stereocenters. The van der Waals surface area contributed by atoms with E-state index in [1.807, 2.05) is 13.8 Å². The van der Waals surface area contributed by atoms with Crippen LogP contribution < -0.4 is 5.32 Å². The van der Waals surface area contributed by atoms with Crippen molar-refractivity contribution in [1.82, 2.24) is 14.5 Å². The van der Waals surface area contributed by atoms with Crippen molar-refractivity contribution >= 4 is 15.9 Å². The highest BCUT2D eigenvalue weighted by Gasteiger charge is 2.32. The molecule has 0 saturated carbocycles. The molecule has 30 heavy (non-hydrogen) atoms. The summed E-state index contributed by atoms with van der Waals surface area (Å²) < 4.78 is 33.3. The van der Waals surface area contributed by atoms with Crippen molar-refractivity contribution in [1.29, 1.82) is 0 Å². The van der Waals surface area contributed by atoms with E-state index in [0.717, 1.165) is 32.5 Å². The van der Waals surface area contributed by atoms with E-state index >= 15 is 0 Å². The van der Waals surface area contributed by atoms with E-state index in [0.29, 0.717) is 18.7 Å². The molecule has 7 nitrogen and oxygen atoms in total. The lowest BCUT2D eigenvalue weighted by molar-refractivity contribution is -0.0440. The van der Waals surface area contributed by atoms with Crippen LogP contribution in [-0.4, -0.2) is 74.5 Å². The van der Waals surface area contributed by atoms with Gasteiger partial charge in [0.05, 0.1) is 17.1 Å². The summed E-state index contributed by atoms with van der Waals surface area (Å²) in [4.78, 5) is 15.4. The lowest BCUT2D eigenvalue weighted by Crippen LogP contribution is -2.48. The minimum Gasteiger partial charge on any atom is -0.373 e. The Morgan fingerprint density at radius 1 is 1.17 bits per heavy atom. The van der Waals surface area contributed by atoms with Crippen LogP contribution in [0.25, 0.3) is 0 Å². The van der Waals surface area contributed by atoms with Gasteiger partial charge in [0.25, 0.3) is 5.91 Å². The molecule has 1 amide bonds. The highest BCUT2D eigenvalue weighted by Crippen LogP contribution is 2.22. The lowest BCUT2D eigenvalue weighted by Gasteiger charge is -2.34. The summed E-state index contributed by atoms with van der Waals surface area (Å²) in [5.74, 6) is -0.206. The number of rotatable bonds is 7. The Morgan fingerprint density at radius 2 is 1.83 bits per heavy atom. The maximum Gasteiger partial charge on any atom is 0.251 e. The number of hydrogen-bond donors (Lipinski definition) is 1. The number of benzene rings is 1. The van der Waals surface area contributed by atoms with Gasteiger partial charge in [0.1, 0.15) is 0 Å². The first-order valence-corrected chi connectivity index (χ1v) is 12.5. The average Bonchev–Trinajstić information content (AvgIpc) is 2.72. The Hall–Kier alpha value is -1.48. The highest BCUT2D eigenvalue weighted by molar-refractivity contribution is 7.89. The van der Waals surface area contributed by atoms with Crippen LogP contribution in [0.5, 0.6) is 0 Å². The lowest BCUT2D eigenvalue weighted by atomic mass is 10.0. The maximum atomic E-state index is 13.1. The number of likely N-dealkylation sites (tertiary alicyclic amines) is 1. The summed E-state index contributed by atoms with van der Waals surface area (Å²) in [7, 11) is -3.67. The van der Waals surface area contributed by atoms with Crippen LogP contribution in [-0.2, 0) is 14.8 Å². The van der Waals surface area contributed by atoms with Crippen molar-refractivity contribution in [3.8, 4) is 0 Å². The number of unbranched alkanes of at least 4 members (excludes halogenated alkanes) is 1. The topological polar surface area (TPSA) is 79.0 Å². The number of sulfonamides is 1. The molecule has 2 saturated heterocycles. The number of carbonyl (C=O) groups is 1. The number of amides is 1. The van der Waals surface area contributed by atoms with Crippen molar-refractivity contribution in [3.05, 3.63) is 29.8 Å². The first-order chi connectivity index (χ1) is 14.3. The van der Waals surface area contributed by atoms with Gasteiger partial charge in [-0.05, 0) is 57.9 Å². The van der Waals surface area contributed by atoms with E-state index < -0.39 is 10.0 Å². The number of nitrogens with one attached hydrogen (secondary N) is 1. The zero-order valence-electron chi connectivity index (χ0n) is 18.3. The molecule has 0 aliphatic carbocycles. The molecular formula is C22H35N3O4S. The van der Waals surface area contributed by atoms with Gasteiger partial charge in [0.2, 0.25) is 10.0 Å². The molecule has 8 heteroatoms. The molecule has 1 aromatic rings. The molecule has 1 N–H and O–H groups in total. The Morgan fingerprint density at radius 3 is 2.47 bits per heavy atom. The number of hydrogen-bond acceptors (Lipinski definition) is 5.